The van der Waals surface area contributed by atoms with Crippen molar-refractivity contribution in [2.75, 3.05) is 0 Å². The maximum Gasteiger partial charge on any atom is 0.139 e. The third kappa shape index (κ3) is 4.57. The van der Waals surface area contributed by atoms with Gasteiger partial charge in [0.1, 0.15) is 11.2 Å². The lowest BCUT2D eigenvalue weighted by Gasteiger charge is -2.15. The molecular formula is C39H32N2O. The molecule has 0 spiro atoms. The molecule has 42 heavy (non-hydrogen) atoms. The minimum atomic E-state index is 0.0794. The van der Waals surface area contributed by atoms with Gasteiger partial charge in [0, 0.05) is 34.7 Å². The van der Waals surface area contributed by atoms with E-state index in [4.69, 9.17) is 14.4 Å². The molecule has 7 aromatic rings. The quantitative estimate of drug-likeness (QED) is 0.216. The molecule has 0 fully saturated rings. The Hall–Kier alpha value is -5.02. The molecule has 204 valence electrons. The number of aromatic nitrogens is 2. The lowest BCUT2D eigenvalue weighted by atomic mass is 9.92. The summed E-state index contributed by atoms with van der Waals surface area (Å²) >= 11 is 0. The molecule has 4 aromatic carbocycles. The van der Waals surface area contributed by atoms with Crippen molar-refractivity contribution in [1.29, 1.82) is 0 Å². The van der Waals surface area contributed by atoms with Crippen LogP contribution >= 0.6 is 0 Å². The van der Waals surface area contributed by atoms with Crippen LogP contribution in [0.1, 0.15) is 40.8 Å². The zero-order chi connectivity index (χ0) is 28.8. The van der Waals surface area contributed by atoms with Crippen LogP contribution in [0.3, 0.4) is 0 Å². The molecular weight excluding hydrogens is 512 g/mol. The van der Waals surface area contributed by atoms with Crippen molar-refractivity contribution in [3.05, 3.63) is 143 Å². The van der Waals surface area contributed by atoms with E-state index >= 15 is 0 Å². The van der Waals surface area contributed by atoms with Crippen LogP contribution in [0.25, 0.3) is 55.6 Å². The fourth-order valence-electron chi connectivity index (χ4n) is 6.33. The monoisotopic (exact) mass is 544 g/mol. The van der Waals surface area contributed by atoms with Crippen LogP contribution in [0.15, 0.2) is 120 Å². The topological polar surface area (TPSA) is 38.9 Å². The van der Waals surface area contributed by atoms with E-state index in [0.717, 1.165) is 50.1 Å². The summed E-state index contributed by atoms with van der Waals surface area (Å²) in [5.41, 5.74) is 14.2. The van der Waals surface area contributed by atoms with E-state index in [1.807, 2.05) is 24.4 Å². The van der Waals surface area contributed by atoms with Gasteiger partial charge in [0.2, 0.25) is 0 Å². The molecule has 0 bridgehead atoms. The van der Waals surface area contributed by atoms with Crippen LogP contribution in [-0.4, -0.2) is 9.97 Å². The second kappa shape index (κ2) is 10.4. The van der Waals surface area contributed by atoms with E-state index in [9.17, 15) is 0 Å². The Morgan fingerprint density at radius 2 is 1.33 bits per heavy atom. The van der Waals surface area contributed by atoms with Crippen molar-refractivity contribution < 1.29 is 4.42 Å². The Morgan fingerprint density at radius 3 is 2.07 bits per heavy atom. The van der Waals surface area contributed by atoms with Gasteiger partial charge in [0.25, 0.3) is 0 Å². The van der Waals surface area contributed by atoms with E-state index < -0.39 is 0 Å². The van der Waals surface area contributed by atoms with Gasteiger partial charge in [-0.3, -0.25) is 9.97 Å². The van der Waals surface area contributed by atoms with Crippen LogP contribution < -0.4 is 0 Å². The second-order valence-corrected chi connectivity index (χ2v) is 11.3. The van der Waals surface area contributed by atoms with Crippen molar-refractivity contribution in [2.24, 2.45) is 0 Å². The molecule has 0 saturated carbocycles. The third-order valence-corrected chi connectivity index (χ3v) is 8.28. The molecule has 0 aliphatic rings. The Labute approximate surface area is 246 Å². The van der Waals surface area contributed by atoms with E-state index in [-0.39, 0.29) is 5.92 Å². The first kappa shape index (κ1) is 25.9. The number of furan rings is 1. The van der Waals surface area contributed by atoms with Crippen molar-refractivity contribution >= 4 is 21.9 Å². The first-order valence-corrected chi connectivity index (χ1v) is 14.5. The normalized spacial score (nSPS) is 12.2. The number of rotatable bonds is 5. The highest BCUT2D eigenvalue weighted by molar-refractivity contribution is 6.08. The molecule has 3 aromatic heterocycles. The van der Waals surface area contributed by atoms with Crippen LogP contribution in [0.4, 0.5) is 0 Å². The van der Waals surface area contributed by atoms with Gasteiger partial charge in [-0.25, -0.2) is 0 Å². The highest BCUT2D eigenvalue weighted by atomic mass is 16.3. The Morgan fingerprint density at radius 1 is 0.619 bits per heavy atom. The smallest absolute Gasteiger partial charge is 0.139 e. The van der Waals surface area contributed by atoms with Gasteiger partial charge in [0.15, 0.2) is 0 Å². The van der Waals surface area contributed by atoms with Crippen LogP contribution in [-0.2, 0) is 0 Å². The van der Waals surface area contributed by atoms with Gasteiger partial charge in [-0.2, -0.15) is 0 Å². The zero-order valence-corrected chi connectivity index (χ0v) is 24.3. The first-order valence-electron chi connectivity index (χ1n) is 14.5. The maximum atomic E-state index is 6.51. The van der Waals surface area contributed by atoms with Gasteiger partial charge in [-0.05, 0) is 78.9 Å². The first-order chi connectivity index (χ1) is 20.5. The Bertz CT molecular complexity index is 2050. The van der Waals surface area contributed by atoms with Crippen molar-refractivity contribution in [2.45, 2.75) is 33.6 Å². The van der Waals surface area contributed by atoms with E-state index in [2.05, 4.69) is 119 Å². The Kier molecular flexibility index (Phi) is 6.43. The summed E-state index contributed by atoms with van der Waals surface area (Å²) in [7, 11) is 0. The molecule has 3 nitrogen and oxygen atoms in total. The highest BCUT2D eigenvalue weighted by Crippen LogP contribution is 2.40. The molecule has 0 amide bonds. The molecule has 3 heterocycles. The molecule has 0 N–H and O–H groups in total. The van der Waals surface area contributed by atoms with Crippen molar-refractivity contribution in [3.8, 4) is 33.6 Å². The average Bonchev–Trinajstić information content (AvgIpc) is 3.39. The number of hydrogen-bond donors (Lipinski definition) is 0. The predicted octanol–water partition coefficient (Wildman–Crippen LogP) is 10.5. The summed E-state index contributed by atoms with van der Waals surface area (Å²) < 4.78 is 6.51. The van der Waals surface area contributed by atoms with Gasteiger partial charge in [-0.15, -0.1) is 0 Å². The number of nitrogens with zero attached hydrogens (tertiary/aromatic N) is 2. The molecule has 0 aliphatic heterocycles. The number of pyridine rings is 2. The summed E-state index contributed by atoms with van der Waals surface area (Å²) in [5.74, 6) is 0.0794. The molecule has 0 radical (unpaired) electrons. The van der Waals surface area contributed by atoms with Crippen LogP contribution in [0.2, 0.25) is 0 Å². The summed E-state index contributed by atoms with van der Waals surface area (Å²) in [6.45, 7) is 8.75. The lowest BCUT2D eigenvalue weighted by Crippen LogP contribution is -2.01. The standard InChI is InChI=1S/C39H32N2O/c1-24-19-25(2)37(26(3)20-24)31-17-18-40-33(22-31)30-15-16-35-32(21-30)38-36(42-35)23-34(29-13-9-6-10-14-29)41-39(38)27(4)28-11-7-5-8-12-28/h5-23,27H,1-4H3. The summed E-state index contributed by atoms with van der Waals surface area (Å²) in [5, 5.41) is 2.12. The average molecular weight is 545 g/mol. The van der Waals surface area contributed by atoms with Gasteiger partial charge in [0.05, 0.1) is 22.5 Å². The van der Waals surface area contributed by atoms with Gasteiger partial charge >= 0.3 is 0 Å². The van der Waals surface area contributed by atoms with Crippen molar-refractivity contribution in [1.82, 2.24) is 9.97 Å². The van der Waals surface area contributed by atoms with Gasteiger partial charge in [-0.1, -0.05) is 85.3 Å². The minimum Gasteiger partial charge on any atom is -0.456 e. The summed E-state index contributed by atoms with van der Waals surface area (Å²) in [4.78, 5) is 10.1. The summed E-state index contributed by atoms with van der Waals surface area (Å²) in [6.07, 6.45) is 1.91. The molecule has 7 rings (SSSR count). The number of fused-ring (bicyclic) bond motifs is 3. The highest BCUT2D eigenvalue weighted by Gasteiger charge is 2.21. The molecule has 0 aliphatic carbocycles. The van der Waals surface area contributed by atoms with Crippen molar-refractivity contribution in [3.63, 3.8) is 0 Å². The SMILES string of the molecule is Cc1cc(C)c(-c2ccnc(-c3ccc4oc5cc(-c6ccccc6)nc(C(C)c6ccccc6)c5c4c3)c2)c(C)c1. The molecule has 1 atom stereocenters. The fraction of sp³-hybridized carbons (Fsp3) is 0.128. The lowest BCUT2D eigenvalue weighted by molar-refractivity contribution is 0.668. The van der Waals surface area contributed by atoms with E-state index in [1.54, 1.807) is 0 Å². The predicted molar refractivity (Wildman–Crippen MR) is 174 cm³/mol. The van der Waals surface area contributed by atoms with Gasteiger partial charge < -0.3 is 4.42 Å². The Balaban J connectivity index is 1.42. The number of benzene rings is 4. The third-order valence-electron chi connectivity index (χ3n) is 8.28. The minimum absolute atomic E-state index is 0.0794. The van der Waals surface area contributed by atoms with E-state index in [0.29, 0.717) is 0 Å². The summed E-state index contributed by atoms with van der Waals surface area (Å²) in [6, 6.07) is 38.2. The second-order valence-electron chi connectivity index (χ2n) is 11.3. The maximum absolute atomic E-state index is 6.51. The van der Waals surface area contributed by atoms with E-state index in [1.165, 1.54) is 33.4 Å². The fourth-order valence-corrected chi connectivity index (χ4v) is 6.33. The van der Waals surface area contributed by atoms with Crippen LogP contribution in [0.5, 0.6) is 0 Å². The molecule has 3 heteroatoms. The molecule has 1 unspecified atom stereocenters. The zero-order valence-electron chi connectivity index (χ0n) is 24.3. The molecule has 0 saturated heterocycles. The number of aryl methyl sites for hydroxylation is 3. The van der Waals surface area contributed by atoms with Crippen LogP contribution in [0, 0.1) is 20.8 Å². The number of hydrogen-bond acceptors (Lipinski definition) is 3. The largest absolute Gasteiger partial charge is 0.456 e.